The molecule has 1 aliphatic rings. The van der Waals surface area contributed by atoms with Gasteiger partial charge in [0.25, 0.3) is 0 Å². The predicted molar refractivity (Wildman–Crippen MR) is 86.6 cm³/mol. The first-order valence-corrected chi connectivity index (χ1v) is 8.03. The summed E-state index contributed by atoms with van der Waals surface area (Å²) in [5, 5.41) is 3.45. The second-order valence-electron chi connectivity index (χ2n) is 4.86. The van der Waals surface area contributed by atoms with Gasteiger partial charge in [-0.05, 0) is 53.0 Å². The minimum atomic E-state index is 0.613. The second kappa shape index (κ2) is 7.70. The van der Waals surface area contributed by atoms with Gasteiger partial charge in [0.1, 0.15) is 13.2 Å². The summed E-state index contributed by atoms with van der Waals surface area (Å²) >= 11 is 3.56. The molecular formula is C16H22BrNO2. The summed E-state index contributed by atoms with van der Waals surface area (Å²) in [6.07, 6.45) is 4.43. The summed E-state index contributed by atoms with van der Waals surface area (Å²) in [6.45, 7) is 7.60. The van der Waals surface area contributed by atoms with Crippen LogP contribution in [-0.4, -0.2) is 26.3 Å². The smallest absolute Gasteiger partial charge is 0.175 e. The first kappa shape index (κ1) is 15.4. The van der Waals surface area contributed by atoms with Gasteiger partial charge in [-0.2, -0.15) is 0 Å². The monoisotopic (exact) mass is 339 g/mol. The third-order valence-corrected chi connectivity index (χ3v) is 3.81. The van der Waals surface area contributed by atoms with Gasteiger partial charge in [0.05, 0.1) is 4.47 Å². The van der Waals surface area contributed by atoms with Crippen molar-refractivity contribution >= 4 is 22.0 Å². The van der Waals surface area contributed by atoms with E-state index in [1.807, 2.05) is 0 Å². The molecule has 0 saturated carbocycles. The highest BCUT2D eigenvalue weighted by Gasteiger charge is 2.15. The highest BCUT2D eigenvalue weighted by Crippen LogP contribution is 2.39. The maximum Gasteiger partial charge on any atom is 0.175 e. The number of fused-ring (bicyclic) bond motifs is 1. The molecule has 0 spiro atoms. The number of nitrogens with one attached hydrogen (secondary N) is 1. The number of halogens is 1. The van der Waals surface area contributed by atoms with E-state index in [0.29, 0.717) is 13.2 Å². The van der Waals surface area contributed by atoms with E-state index in [9.17, 15) is 0 Å². The summed E-state index contributed by atoms with van der Waals surface area (Å²) in [7, 11) is 0. The van der Waals surface area contributed by atoms with Crippen LogP contribution in [0.4, 0.5) is 0 Å². The SMILES string of the molecule is CCCNCC(=Cc1cc(Br)c2c(c1)OCCO2)CC. The van der Waals surface area contributed by atoms with Crippen LogP contribution in [0.3, 0.4) is 0 Å². The Morgan fingerprint density at radius 1 is 1.30 bits per heavy atom. The van der Waals surface area contributed by atoms with Gasteiger partial charge in [-0.1, -0.05) is 25.5 Å². The number of ether oxygens (including phenoxy) is 2. The topological polar surface area (TPSA) is 30.5 Å². The van der Waals surface area contributed by atoms with Crippen molar-refractivity contribution in [2.24, 2.45) is 0 Å². The Balaban J connectivity index is 2.16. The van der Waals surface area contributed by atoms with Crippen LogP contribution in [-0.2, 0) is 0 Å². The van der Waals surface area contributed by atoms with E-state index < -0.39 is 0 Å². The normalized spacial score (nSPS) is 14.4. The molecule has 0 fully saturated rings. The molecule has 0 atom stereocenters. The van der Waals surface area contributed by atoms with Gasteiger partial charge in [0, 0.05) is 6.54 Å². The van der Waals surface area contributed by atoms with Crippen molar-refractivity contribution in [3.05, 3.63) is 27.7 Å². The number of rotatable bonds is 6. The fourth-order valence-corrected chi connectivity index (χ4v) is 2.73. The van der Waals surface area contributed by atoms with Crippen LogP contribution in [0, 0.1) is 0 Å². The van der Waals surface area contributed by atoms with Crippen LogP contribution in [0.2, 0.25) is 0 Å². The molecule has 20 heavy (non-hydrogen) atoms. The van der Waals surface area contributed by atoms with Crippen LogP contribution in [0.5, 0.6) is 11.5 Å². The zero-order chi connectivity index (χ0) is 14.4. The van der Waals surface area contributed by atoms with Gasteiger partial charge < -0.3 is 14.8 Å². The highest BCUT2D eigenvalue weighted by atomic mass is 79.9. The molecule has 0 radical (unpaired) electrons. The Labute approximate surface area is 129 Å². The Hall–Kier alpha value is -1.00. The molecule has 0 saturated heterocycles. The van der Waals surface area contributed by atoms with Gasteiger partial charge in [0.15, 0.2) is 11.5 Å². The molecule has 1 aliphatic heterocycles. The van der Waals surface area contributed by atoms with Crippen molar-refractivity contribution in [2.45, 2.75) is 26.7 Å². The van der Waals surface area contributed by atoms with E-state index in [0.717, 1.165) is 47.5 Å². The zero-order valence-electron chi connectivity index (χ0n) is 12.2. The van der Waals surface area contributed by atoms with E-state index in [1.165, 1.54) is 5.57 Å². The Kier molecular flexibility index (Phi) is 5.92. The largest absolute Gasteiger partial charge is 0.486 e. The van der Waals surface area contributed by atoms with Crippen molar-refractivity contribution in [1.82, 2.24) is 5.32 Å². The number of benzene rings is 1. The van der Waals surface area contributed by atoms with Crippen LogP contribution in [0.15, 0.2) is 22.2 Å². The standard InChI is InChI=1S/C16H22BrNO2/c1-3-5-18-11-12(4-2)8-13-9-14(17)16-15(10-13)19-6-7-20-16/h8-10,18H,3-7,11H2,1-2H3. The lowest BCUT2D eigenvalue weighted by atomic mass is 10.1. The lowest BCUT2D eigenvalue weighted by Gasteiger charge is -2.20. The van der Waals surface area contributed by atoms with E-state index >= 15 is 0 Å². The third-order valence-electron chi connectivity index (χ3n) is 3.22. The van der Waals surface area contributed by atoms with Crippen molar-refractivity contribution in [3.63, 3.8) is 0 Å². The summed E-state index contributed by atoms with van der Waals surface area (Å²) in [4.78, 5) is 0. The fraction of sp³-hybridized carbons (Fsp3) is 0.500. The summed E-state index contributed by atoms with van der Waals surface area (Å²) in [5.41, 5.74) is 2.54. The fourth-order valence-electron chi connectivity index (χ4n) is 2.15. The van der Waals surface area contributed by atoms with Crippen LogP contribution < -0.4 is 14.8 Å². The average molecular weight is 340 g/mol. The van der Waals surface area contributed by atoms with E-state index in [-0.39, 0.29) is 0 Å². The minimum Gasteiger partial charge on any atom is -0.486 e. The Morgan fingerprint density at radius 3 is 2.85 bits per heavy atom. The molecule has 1 aromatic rings. The van der Waals surface area contributed by atoms with E-state index in [4.69, 9.17) is 9.47 Å². The van der Waals surface area contributed by atoms with Gasteiger partial charge in [0.2, 0.25) is 0 Å². The third kappa shape index (κ3) is 4.00. The zero-order valence-corrected chi connectivity index (χ0v) is 13.8. The first-order valence-electron chi connectivity index (χ1n) is 7.24. The quantitative estimate of drug-likeness (QED) is 0.794. The summed E-state index contributed by atoms with van der Waals surface area (Å²) in [5.74, 6) is 1.64. The van der Waals surface area contributed by atoms with Gasteiger partial charge in [-0.15, -0.1) is 0 Å². The molecule has 110 valence electrons. The predicted octanol–water partition coefficient (Wildman–Crippen LogP) is 4.01. The van der Waals surface area contributed by atoms with Gasteiger partial charge >= 0.3 is 0 Å². The van der Waals surface area contributed by atoms with Crippen molar-refractivity contribution < 1.29 is 9.47 Å². The van der Waals surface area contributed by atoms with Crippen molar-refractivity contribution in [3.8, 4) is 11.5 Å². The number of hydrogen-bond donors (Lipinski definition) is 1. The van der Waals surface area contributed by atoms with Crippen LogP contribution in [0.1, 0.15) is 32.3 Å². The molecule has 4 heteroatoms. The second-order valence-corrected chi connectivity index (χ2v) is 5.71. The lowest BCUT2D eigenvalue weighted by Crippen LogP contribution is -2.17. The Bertz CT molecular complexity index is 486. The molecule has 0 aromatic heterocycles. The van der Waals surface area contributed by atoms with Gasteiger partial charge in [-0.25, -0.2) is 0 Å². The first-order chi connectivity index (χ1) is 9.74. The van der Waals surface area contributed by atoms with Crippen molar-refractivity contribution in [2.75, 3.05) is 26.3 Å². The molecule has 0 bridgehead atoms. The molecular weight excluding hydrogens is 318 g/mol. The number of hydrogen-bond acceptors (Lipinski definition) is 3. The van der Waals surface area contributed by atoms with Gasteiger partial charge in [-0.3, -0.25) is 0 Å². The van der Waals surface area contributed by atoms with E-state index in [1.54, 1.807) is 0 Å². The Morgan fingerprint density at radius 2 is 2.10 bits per heavy atom. The molecule has 1 aromatic carbocycles. The lowest BCUT2D eigenvalue weighted by molar-refractivity contribution is 0.170. The van der Waals surface area contributed by atoms with Crippen LogP contribution >= 0.6 is 15.9 Å². The van der Waals surface area contributed by atoms with Crippen molar-refractivity contribution in [1.29, 1.82) is 0 Å². The molecule has 0 unspecified atom stereocenters. The summed E-state index contributed by atoms with van der Waals surface area (Å²) < 4.78 is 12.2. The average Bonchev–Trinajstić information content (AvgIpc) is 2.46. The molecule has 3 nitrogen and oxygen atoms in total. The minimum absolute atomic E-state index is 0.613. The maximum atomic E-state index is 5.66. The molecule has 1 N–H and O–H groups in total. The molecule has 1 heterocycles. The summed E-state index contributed by atoms with van der Waals surface area (Å²) in [6, 6.07) is 4.14. The highest BCUT2D eigenvalue weighted by molar-refractivity contribution is 9.10. The van der Waals surface area contributed by atoms with Crippen LogP contribution in [0.25, 0.3) is 6.08 Å². The molecule has 0 aliphatic carbocycles. The molecule has 0 amide bonds. The van der Waals surface area contributed by atoms with E-state index in [2.05, 4.69) is 53.3 Å². The molecule has 2 rings (SSSR count). The maximum absolute atomic E-state index is 5.66.